The molecule has 2 rings (SSSR count). The number of benzene rings is 1. The summed E-state index contributed by atoms with van der Waals surface area (Å²) in [6.45, 7) is 4.87. The van der Waals surface area contributed by atoms with Crippen LogP contribution < -0.4 is 0 Å². The second-order valence-corrected chi connectivity index (χ2v) is 5.73. The third-order valence-electron chi connectivity index (χ3n) is 4.31. The van der Waals surface area contributed by atoms with Gasteiger partial charge in [0.2, 0.25) is 0 Å². The SMILES string of the molecule is Cc1ccccc1CN(C)C(=O)N1CCC(C(=O)O)C1C. The zero-order chi connectivity index (χ0) is 15.6. The lowest BCUT2D eigenvalue weighted by Gasteiger charge is -2.29. The summed E-state index contributed by atoms with van der Waals surface area (Å²) in [5, 5.41) is 9.14. The summed E-state index contributed by atoms with van der Waals surface area (Å²) < 4.78 is 0. The fraction of sp³-hybridized carbons (Fsp3) is 0.500. The first-order valence-electron chi connectivity index (χ1n) is 7.21. The normalized spacial score (nSPS) is 21.4. The maximum atomic E-state index is 12.5. The quantitative estimate of drug-likeness (QED) is 0.929. The molecule has 1 aromatic rings. The van der Waals surface area contributed by atoms with E-state index in [1.165, 1.54) is 0 Å². The predicted molar refractivity (Wildman–Crippen MR) is 80.0 cm³/mol. The smallest absolute Gasteiger partial charge is 0.320 e. The van der Waals surface area contributed by atoms with Gasteiger partial charge in [-0.25, -0.2) is 4.79 Å². The minimum absolute atomic E-state index is 0.102. The van der Waals surface area contributed by atoms with Crippen LogP contribution in [0.3, 0.4) is 0 Å². The van der Waals surface area contributed by atoms with Crippen molar-refractivity contribution in [1.82, 2.24) is 9.80 Å². The standard InChI is InChI=1S/C16H22N2O3/c1-11-6-4-5-7-13(11)10-17(3)16(21)18-9-8-14(12(18)2)15(19)20/h4-7,12,14H,8-10H2,1-3H3,(H,19,20). The number of carboxylic acid groups (broad SMARTS) is 1. The molecule has 1 aromatic carbocycles. The number of rotatable bonds is 3. The van der Waals surface area contributed by atoms with E-state index in [1.54, 1.807) is 16.8 Å². The van der Waals surface area contributed by atoms with Crippen molar-refractivity contribution in [3.8, 4) is 0 Å². The topological polar surface area (TPSA) is 60.9 Å². The Morgan fingerprint density at radius 3 is 2.62 bits per heavy atom. The number of carbonyl (C=O) groups excluding carboxylic acids is 1. The number of hydrogen-bond acceptors (Lipinski definition) is 2. The van der Waals surface area contributed by atoms with Crippen molar-refractivity contribution in [2.45, 2.75) is 32.9 Å². The number of likely N-dealkylation sites (tertiary alicyclic amines) is 1. The molecule has 0 saturated carbocycles. The molecule has 0 aromatic heterocycles. The molecule has 0 radical (unpaired) electrons. The van der Waals surface area contributed by atoms with Crippen LogP contribution in [0.2, 0.25) is 0 Å². The highest BCUT2D eigenvalue weighted by Crippen LogP contribution is 2.25. The van der Waals surface area contributed by atoms with Crippen molar-refractivity contribution in [1.29, 1.82) is 0 Å². The minimum atomic E-state index is -0.820. The second-order valence-electron chi connectivity index (χ2n) is 5.73. The fourth-order valence-electron chi connectivity index (χ4n) is 2.87. The Kier molecular flexibility index (Phi) is 4.50. The van der Waals surface area contributed by atoms with Crippen LogP contribution in [0.25, 0.3) is 0 Å². The van der Waals surface area contributed by atoms with E-state index in [4.69, 9.17) is 5.11 Å². The molecule has 0 spiro atoms. The first kappa shape index (κ1) is 15.4. The number of carbonyl (C=O) groups is 2. The summed E-state index contributed by atoms with van der Waals surface area (Å²) in [4.78, 5) is 27.0. The van der Waals surface area contributed by atoms with E-state index >= 15 is 0 Å². The van der Waals surface area contributed by atoms with Gasteiger partial charge in [0.15, 0.2) is 0 Å². The number of amides is 2. The largest absolute Gasteiger partial charge is 0.481 e. The highest BCUT2D eigenvalue weighted by Gasteiger charge is 2.39. The molecule has 1 aliphatic rings. The Morgan fingerprint density at radius 2 is 2.05 bits per heavy atom. The number of hydrogen-bond donors (Lipinski definition) is 1. The van der Waals surface area contributed by atoms with E-state index < -0.39 is 11.9 Å². The maximum Gasteiger partial charge on any atom is 0.320 e. The predicted octanol–water partition coefficient (Wildman–Crippen LogP) is 2.34. The van der Waals surface area contributed by atoms with Gasteiger partial charge in [-0.15, -0.1) is 0 Å². The molecule has 1 aliphatic heterocycles. The number of aryl methyl sites for hydroxylation is 1. The van der Waals surface area contributed by atoms with E-state index in [1.807, 2.05) is 38.1 Å². The van der Waals surface area contributed by atoms with Gasteiger partial charge in [-0.3, -0.25) is 4.79 Å². The van der Waals surface area contributed by atoms with Crippen LogP contribution in [-0.2, 0) is 11.3 Å². The van der Waals surface area contributed by atoms with E-state index in [0.717, 1.165) is 11.1 Å². The highest BCUT2D eigenvalue weighted by atomic mass is 16.4. The summed E-state index contributed by atoms with van der Waals surface area (Å²) in [7, 11) is 1.76. The Balaban J connectivity index is 2.03. The van der Waals surface area contributed by atoms with Gasteiger partial charge in [0.05, 0.1) is 5.92 Å². The van der Waals surface area contributed by atoms with Crippen LogP contribution in [0.1, 0.15) is 24.5 Å². The number of aliphatic carboxylic acids is 1. The number of carboxylic acids is 1. The molecule has 2 atom stereocenters. The van der Waals surface area contributed by atoms with E-state index in [0.29, 0.717) is 19.5 Å². The van der Waals surface area contributed by atoms with E-state index in [-0.39, 0.29) is 12.1 Å². The van der Waals surface area contributed by atoms with Crippen LogP contribution in [0.4, 0.5) is 4.79 Å². The molecule has 1 saturated heterocycles. The van der Waals surface area contributed by atoms with Crippen LogP contribution in [-0.4, -0.2) is 46.5 Å². The fourth-order valence-corrected chi connectivity index (χ4v) is 2.87. The van der Waals surface area contributed by atoms with Gasteiger partial charge in [-0.2, -0.15) is 0 Å². The van der Waals surface area contributed by atoms with Crippen molar-refractivity contribution in [2.24, 2.45) is 5.92 Å². The Hall–Kier alpha value is -2.04. The van der Waals surface area contributed by atoms with Gasteiger partial charge in [0.1, 0.15) is 0 Å². The third kappa shape index (κ3) is 3.17. The Morgan fingerprint density at radius 1 is 1.38 bits per heavy atom. The van der Waals surface area contributed by atoms with Gasteiger partial charge >= 0.3 is 12.0 Å². The van der Waals surface area contributed by atoms with Crippen molar-refractivity contribution in [3.63, 3.8) is 0 Å². The van der Waals surface area contributed by atoms with E-state index in [2.05, 4.69) is 0 Å². The summed E-state index contributed by atoms with van der Waals surface area (Å²) >= 11 is 0. The number of urea groups is 1. The lowest BCUT2D eigenvalue weighted by atomic mass is 10.0. The first-order valence-corrected chi connectivity index (χ1v) is 7.21. The summed E-state index contributed by atoms with van der Waals surface area (Å²) in [6.07, 6.45) is 0.528. The molecular formula is C16H22N2O3. The average Bonchev–Trinajstić information content (AvgIpc) is 2.82. The zero-order valence-corrected chi connectivity index (χ0v) is 12.7. The van der Waals surface area contributed by atoms with Gasteiger partial charge < -0.3 is 14.9 Å². The summed E-state index contributed by atoms with van der Waals surface area (Å²) in [5.41, 5.74) is 2.25. The van der Waals surface area contributed by atoms with Gasteiger partial charge in [0.25, 0.3) is 0 Å². The molecule has 5 nitrogen and oxygen atoms in total. The summed E-state index contributed by atoms with van der Waals surface area (Å²) in [6, 6.07) is 7.60. The van der Waals surface area contributed by atoms with Crippen LogP contribution in [0, 0.1) is 12.8 Å². The molecule has 114 valence electrons. The molecule has 0 aliphatic carbocycles. The molecule has 5 heteroatoms. The molecule has 0 bridgehead atoms. The summed E-state index contributed by atoms with van der Waals surface area (Å²) in [5.74, 6) is -1.28. The van der Waals surface area contributed by atoms with Gasteiger partial charge in [-0.1, -0.05) is 24.3 Å². The lowest BCUT2D eigenvalue weighted by molar-refractivity contribution is -0.142. The van der Waals surface area contributed by atoms with E-state index in [9.17, 15) is 9.59 Å². The van der Waals surface area contributed by atoms with Crippen molar-refractivity contribution in [3.05, 3.63) is 35.4 Å². The van der Waals surface area contributed by atoms with Crippen molar-refractivity contribution < 1.29 is 14.7 Å². The van der Waals surface area contributed by atoms with Gasteiger partial charge in [0, 0.05) is 26.2 Å². The second kappa shape index (κ2) is 6.16. The van der Waals surface area contributed by atoms with Crippen LogP contribution in [0.5, 0.6) is 0 Å². The molecule has 1 fully saturated rings. The first-order chi connectivity index (χ1) is 9.91. The minimum Gasteiger partial charge on any atom is -0.481 e. The molecule has 1 N–H and O–H groups in total. The van der Waals surface area contributed by atoms with Crippen molar-refractivity contribution >= 4 is 12.0 Å². The monoisotopic (exact) mass is 290 g/mol. The molecular weight excluding hydrogens is 268 g/mol. The lowest BCUT2D eigenvalue weighted by Crippen LogP contribution is -2.44. The Bertz CT molecular complexity index is 544. The average molecular weight is 290 g/mol. The molecule has 2 unspecified atom stereocenters. The zero-order valence-electron chi connectivity index (χ0n) is 12.7. The Labute approximate surface area is 125 Å². The van der Waals surface area contributed by atoms with Gasteiger partial charge in [-0.05, 0) is 31.4 Å². The molecule has 1 heterocycles. The third-order valence-corrected chi connectivity index (χ3v) is 4.31. The number of nitrogens with zero attached hydrogens (tertiary/aromatic N) is 2. The van der Waals surface area contributed by atoms with Crippen LogP contribution in [0.15, 0.2) is 24.3 Å². The van der Waals surface area contributed by atoms with Crippen LogP contribution >= 0.6 is 0 Å². The molecule has 2 amide bonds. The molecule has 21 heavy (non-hydrogen) atoms. The maximum absolute atomic E-state index is 12.5. The van der Waals surface area contributed by atoms with Crippen molar-refractivity contribution in [2.75, 3.05) is 13.6 Å². The highest BCUT2D eigenvalue weighted by molar-refractivity contribution is 5.78.